The van der Waals surface area contributed by atoms with Crippen LogP contribution in [0.4, 0.5) is 19.0 Å². The lowest BCUT2D eigenvalue weighted by Crippen LogP contribution is -2.23. The molecule has 1 fully saturated rings. The molecule has 2 aromatic carbocycles. The molecule has 0 aliphatic heterocycles. The molecule has 1 aliphatic rings. The third kappa shape index (κ3) is 5.62. The van der Waals surface area contributed by atoms with E-state index in [9.17, 15) is 21.6 Å². The number of anilines is 1. The first-order chi connectivity index (χ1) is 17.6. The fourth-order valence-electron chi connectivity index (χ4n) is 4.50. The highest BCUT2D eigenvalue weighted by atomic mass is 79.9. The monoisotopic (exact) mass is 593 g/mol. The Labute approximate surface area is 220 Å². The second kappa shape index (κ2) is 10.0. The molecule has 5 rings (SSSR count). The number of nitrogens with zero attached hydrogens (tertiary/aromatic N) is 2. The predicted molar refractivity (Wildman–Crippen MR) is 138 cm³/mol. The summed E-state index contributed by atoms with van der Waals surface area (Å²) in [6, 6.07) is 13.9. The molecular weight excluding hydrogens is 571 g/mol. The number of rotatable bonds is 6. The van der Waals surface area contributed by atoms with E-state index in [4.69, 9.17) is 9.17 Å². The van der Waals surface area contributed by atoms with Gasteiger partial charge in [-0.25, -0.2) is 4.98 Å². The van der Waals surface area contributed by atoms with E-state index >= 15 is 0 Å². The van der Waals surface area contributed by atoms with Gasteiger partial charge >= 0.3 is 16.3 Å². The first-order valence-electron chi connectivity index (χ1n) is 11.8. The summed E-state index contributed by atoms with van der Waals surface area (Å²) in [6.07, 6.45) is 2.82. The number of nitrogens with one attached hydrogen (secondary N) is 1. The lowest BCUT2D eigenvalue weighted by Gasteiger charge is -2.24. The van der Waals surface area contributed by atoms with Gasteiger partial charge < -0.3 is 9.50 Å². The van der Waals surface area contributed by atoms with Gasteiger partial charge in [-0.3, -0.25) is 4.40 Å². The average Bonchev–Trinajstić information content (AvgIpc) is 3.21. The minimum absolute atomic E-state index is 0.0308. The van der Waals surface area contributed by atoms with E-state index in [0.29, 0.717) is 23.0 Å². The fourth-order valence-corrected chi connectivity index (χ4v) is 5.80. The second-order valence-electron chi connectivity index (χ2n) is 8.95. The van der Waals surface area contributed by atoms with E-state index in [-0.39, 0.29) is 11.8 Å². The molecule has 2 aromatic heterocycles. The van der Waals surface area contributed by atoms with Gasteiger partial charge in [-0.2, -0.15) is 21.6 Å². The summed E-state index contributed by atoms with van der Waals surface area (Å²) in [4.78, 5) is 4.19. The molecule has 0 spiro atoms. The summed E-state index contributed by atoms with van der Waals surface area (Å²) in [7, 11) is -4.51. The Morgan fingerprint density at radius 1 is 1.00 bits per heavy atom. The molecule has 1 N–H and O–H groups in total. The van der Waals surface area contributed by atoms with E-state index < -0.39 is 26.8 Å². The number of hydrogen-bond acceptors (Lipinski definition) is 5. The van der Waals surface area contributed by atoms with Gasteiger partial charge in [0.15, 0.2) is 0 Å². The zero-order chi connectivity index (χ0) is 26.2. The van der Waals surface area contributed by atoms with Crippen molar-refractivity contribution in [1.29, 1.82) is 0 Å². The van der Waals surface area contributed by atoms with Gasteiger partial charge in [-0.05, 0) is 71.2 Å². The van der Waals surface area contributed by atoms with E-state index in [2.05, 4.69) is 21.2 Å². The molecule has 194 valence electrons. The molecule has 6 nitrogen and oxygen atoms in total. The molecule has 37 heavy (non-hydrogen) atoms. The van der Waals surface area contributed by atoms with Crippen LogP contribution in [0.25, 0.3) is 16.9 Å². The van der Waals surface area contributed by atoms with Gasteiger partial charge in [-0.15, -0.1) is 0 Å². The largest absolute Gasteiger partial charge is 0.416 e. The maximum Gasteiger partial charge on any atom is 0.416 e. The fraction of sp³-hybridized carbons (Fsp3) is 0.269. The van der Waals surface area contributed by atoms with Crippen molar-refractivity contribution in [2.75, 3.05) is 5.32 Å². The standard InChI is InChI=1S/C26H23BrF3N3O3S/c27-19-12-13-23-32-24(25(33(23)16-19)31-20-8-2-1-3-9-20)17-6-4-10-21(14-17)36-37(34,35)22-11-5-7-18(15-22)26(28,29)30/h4-7,10-16,20,31H,1-3,8-9H2. The molecule has 0 amide bonds. The Morgan fingerprint density at radius 2 is 1.76 bits per heavy atom. The molecular formula is C26H23BrF3N3O3S. The Morgan fingerprint density at radius 3 is 2.51 bits per heavy atom. The number of fused-ring (bicyclic) bond motifs is 1. The van der Waals surface area contributed by atoms with Crippen molar-refractivity contribution in [3.8, 4) is 17.0 Å². The molecule has 1 aliphatic carbocycles. The van der Waals surface area contributed by atoms with Crippen LogP contribution in [-0.2, 0) is 16.3 Å². The van der Waals surface area contributed by atoms with Crippen LogP contribution in [0.1, 0.15) is 37.7 Å². The third-order valence-electron chi connectivity index (χ3n) is 6.29. The highest BCUT2D eigenvalue weighted by Crippen LogP contribution is 2.35. The normalized spacial score (nSPS) is 15.1. The van der Waals surface area contributed by atoms with E-state index in [1.54, 1.807) is 12.1 Å². The summed E-state index contributed by atoms with van der Waals surface area (Å²) in [5.74, 6) is 0.748. The summed E-state index contributed by atoms with van der Waals surface area (Å²) < 4.78 is 72.9. The molecule has 11 heteroatoms. The van der Waals surface area contributed by atoms with Crippen molar-refractivity contribution < 1.29 is 25.8 Å². The van der Waals surface area contributed by atoms with Crippen LogP contribution >= 0.6 is 15.9 Å². The predicted octanol–water partition coefficient (Wildman–Crippen LogP) is 7.29. The summed E-state index contributed by atoms with van der Waals surface area (Å²) in [6.45, 7) is 0. The van der Waals surface area contributed by atoms with Crippen LogP contribution in [-0.4, -0.2) is 23.8 Å². The number of aromatic nitrogens is 2. The minimum atomic E-state index is -4.68. The highest BCUT2D eigenvalue weighted by Gasteiger charge is 2.32. The second-order valence-corrected chi connectivity index (χ2v) is 11.4. The Bertz CT molecular complexity index is 1550. The van der Waals surface area contributed by atoms with Crippen molar-refractivity contribution >= 4 is 37.5 Å². The Hall–Kier alpha value is -3.05. The minimum Gasteiger partial charge on any atom is -0.379 e. The lowest BCUT2D eigenvalue weighted by atomic mass is 9.95. The van der Waals surface area contributed by atoms with Gasteiger partial charge in [0.2, 0.25) is 0 Å². The summed E-state index contributed by atoms with van der Waals surface area (Å²) in [5.41, 5.74) is 0.861. The Kier molecular flexibility index (Phi) is 6.93. The molecule has 0 atom stereocenters. The summed E-state index contributed by atoms with van der Waals surface area (Å²) >= 11 is 3.51. The van der Waals surface area contributed by atoms with E-state index in [1.807, 2.05) is 22.7 Å². The maximum atomic E-state index is 13.1. The first-order valence-corrected chi connectivity index (χ1v) is 14.0. The molecule has 0 bridgehead atoms. The zero-order valence-corrected chi connectivity index (χ0v) is 21.9. The van der Waals surface area contributed by atoms with Crippen molar-refractivity contribution in [3.05, 3.63) is 76.9 Å². The SMILES string of the molecule is O=S(=O)(Oc1cccc(-c2nc3ccc(Br)cn3c2NC2CCCCC2)c1)c1cccc(C(F)(F)F)c1. The third-order valence-corrected chi connectivity index (χ3v) is 8.00. The highest BCUT2D eigenvalue weighted by molar-refractivity contribution is 9.10. The van der Waals surface area contributed by atoms with Crippen molar-refractivity contribution in [2.24, 2.45) is 0 Å². The number of imidazole rings is 1. The number of alkyl halides is 3. The van der Waals surface area contributed by atoms with Gasteiger partial charge in [0.25, 0.3) is 0 Å². The van der Waals surface area contributed by atoms with Gasteiger partial charge in [0.1, 0.15) is 27.8 Å². The lowest BCUT2D eigenvalue weighted by molar-refractivity contribution is -0.137. The quantitative estimate of drug-likeness (QED) is 0.237. The topological polar surface area (TPSA) is 72.7 Å². The van der Waals surface area contributed by atoms with Crippen LogP contribution in [0.5, 0.6) is 5.75 Å². The van der Waals surface area contributed by atoms with Crippen molar-refractivity contribution in [2.45, 2.75) is 49.2 Å². The summed E-state index contributed by atoms with van der Waals surface area (Å²) in [5, 5.41) is 3.63. The molecule has 2 heterocycles. The van der Waals surface area contributed by atoms with Crippen molar-refractivity contribution in [1.82, 2.24) is 9.38 Å². The molecule has 4 aromatic rings. The molecule has 0 radical (unpaired) electrons. The smallest absolute Gasteiger partial charge is 0.379 e. The van der Waals surface area contributed by atoms with Crippen LogP contribution < -0.4 is 9.50 Å². The molecule has 1 saturated carbocycles. The van der Waals surface area contributed by atoms with Crippen LogP contribution in [0.15, 0.2) is 76.2 Å². The number of pyridine rings is 1. The van der Waals surface area contributed by atoms with Gasteiger partial charge in [0, 0.05) is 22.3 Å². The number of halogens is 4. The van der Waals surface area contributed by atoms with Crippen molar-refractivity contribution in [3.63, 3.8) is 0 Å². The van der Waals surface area contributed by atoms with E-state index in [1.165, 1.54) is 18.6 Å². The maximum absolute atomic E-state index is 13.1. The van der Waals surface area contributed by atoms with Crippen LogP contribution in [0.2, 0.25) is 0 Å². The Balaban J connectivity index is 1.50. The molecule has 0 saturated heterocycles. The number of hydrogen-bond donors (Lipinski definition) is 1. The van der Waals surface area contributed by atoms with Crippen LogP contribution in [0.3, 0.4) is 0 Å². The number of benzene rings is 2. The van der Waals surface area contributed by atoms with Crippen LogP contribution in [0, 0.1) is 0 Å². The first kappa shape index (κ1) is 25.6. The average molecular weight is 594 g/mol. The zero-order valence-electron chi connectivity index (χ0n) is 19.5. The van der Waals surface area contributed by atoms with Gasteiger partial charge in [-0.1, -0.05) is 37.5 Å². The molecule has 0 unspecified atom stereocenters. The van der Waals surface area contributed by atoms with Gasteiger partial charge in [0.05, 0.1) is 5.56 Å². The van der Waals surface area contributed by atoms with E-state index in [0.717, 1.165) is 54.2 Å².